The summed E-state index contributed by atoms with van der Waals surface area (Å²) in [5.74, 6) is 1.03. The van der Waals surface area contributed by atoms with E-state index >= 15 is 0 Å². The Hall–Kier alpha value is -1.20. The summed E-state index contributed by atoms with van der Waals surface area (Å²) in [7, 11) is 3.97. The molecular weight excluding hydrogens is 244 g/mol. The Balaban J connectivity index is 1.81. The van der Waals surface area contributed by atoms with Crippen molar-refractivity contribution in [3.05, 3.63) is 33.5 Å². The van der Waals surface area contributed by atoms with Gasteiger partial charge in [-0.15, -0.1) is 11.3 Å². The van der Waals surface area contributed by atoms with Crippen molar-refractivity contribution in [3.63, 3.8) is 0 Å². The van der Waals surface area contributed by atoms with Gasteiger partial charge in [-0.2, -0.15) is 5.10 Å². The van der Waals surface area contributed by atoms with Crippen molar-refractivity contribution >= 4 is 11.3 Å². The third-order valence-corrected chi connectivity index (χ3v) is 5.00. The molecule has 2 heterocycles. The molecule has 0 aliphatic heterocycles. The third kappa shape index (κ3) is 2.08. The van der Waals surface area contributed by atoms with Gasteiger partial charge in [0.2, 0.25) is 0 Å². The van der Waals surface area contributed by atoms with E-state index in [1.165, 1.54) is 24.1 Å². The highest BCUT2D eigenvalue weighted by atomic mass is 32.1. The number of aromatic nitrogens is 3. The summed E-state index contributed by atoms with van der Waals surface area (Å²) in [6.07, 6.45) is 6.37. The van der Waals surface area contributed by atoms with E-state index in [1.807, 2.05) is 30.1 Å². The predicted molar refractivity (Wildman–Crippen MR) is 72.9 cm³/mol. The van der Waals surface area contributed by atoms with Gasteiger partial charge in [0.1, 0.15) is 12.2 Å². The summed E-state index contributed by atoms with van der Waals surface area (Å²) in [6.45, 7) is 0. The van der Waals surface area contributed by atoms with Crippen LogP contribution in [0.3, 0.4) is 0 Å². The molecule has 3 rings (SSSR count). The van der Waals surface area contributed by atoms with E-state index in [0.29, 0.717) is 6.04 Å². The van der Waals surface area contributed by atoms with Crippen LogP contribution in [0.25, 0.3) is 0 Å². The van der Waals surface area contributed by atoms with Crippen molar-refractivity contribution in [3.8, 4) is 0 Å². The molecule has 0 saturated heterocycles. The Morgan fingerprint density at radius 1 is 1.50 bits per heavy atom. The minimum absolute atomic E-state index is 0.350. The lowest BCUT2D eigenvalue weighted by Gasteiger charge is -2.13. The first kappa shape index (κ1) is 11.9. The average molecular weight is 262 g/mol. The number of hydrogen-bond donors (Lipinski definition) is 1. The summed E-state index contributed by atoms with van der Waals surface area (Å²) >= 11 is 1.96. The summed E-state index contributed by atoms with van der Waals surface area (Å²) in [5.41, 5.74) is 1.56. The first-order valence-corrected chi connectivity index (χ1v) is 7.21. The molecule has 0 saturated carbocycles. The van der Waals surface area contributed by atoms with E-state index in [1.54, 1.807) is 16.8 Å². The van der Waals surface area contributed by atoms with Crippen LogP contribution in [0.1, 0.15) is 33.6 Å². The number of likely N-dealkylation sites (N-methyl/N-ethyl adjacent to an activating group) is 1. The van der Waals surface area contributed by atoms with Gasteiger partial charge in [-0.05, 0) is 37.9 Å². The van der Waals surface area contributed by atoms with Crippen LogP contribution in [-0.2, 0) is 26.3 Å². The van der Waals surface area contributed by atoms with Gasteiger partial charge in [0, 0.05) is 29.3 Å². The first-order chi connectivity index (χ1) is 8.78. The van der Waals surface area contributed by atoms with Crippen LogP contribution in [0.15, 0.2) is 12.4 Å². The van der Waals surface area contributed by atoms with Crippen LogP contribution in [0.5, 0.6) is 0 Å². The second-order valence-electron chi connectivity index (χ2n) is 4.80. The second-order valence-corrected chi connectivity index (χ2v) is 5.96. The molecule has 4 nitrogen and oxygen atoms in total. The Morgan fingerprint density at radius 3 is 3.06 bits per heavy atom. The molecule has 18 heavy (non-hydrogen) atoms. The molecule has 0 aromatic carbocycles. The number of hydrogen-bond acceptors (Lipinski definition) is 4. The van der Waals surface area contributed by atoms with Gasteiger partial charge in [0.05, 0.1) is 0 Å². The molecular formula is C13H18N4S. The van der Waals surface area contributed by atoms with Crippen molar-refractivity contribution in [1.29, 1.82) is 0 Å². The van der Waals surface area contributed by atoms with E-state index in [4.69, 9.17) is 0 Å². The zero-order valence-corrected chi connectivity index (χ0v) is 11.6. The Kier molecular flexibility index (Phi) is 3.18. The smallest absolute Gasteiger partial charge is 0.138 e. The molecule has 2 aromatic rings. The fourth-order valence-electron chi connectivity index (χ4n) is 2.56. The monoisotopic (exact) mass is 262 g/mol. The number of nitrogens with one attached hydrogen (secondary N) is 1. The van der Waals surface area contributed by atoms with Gasteiger partial charge in [0.25, 0.3) is 0 Å². The third-order valence-electron chi connectivity index (χ3n) is 3.65. The molecule has 0 bridgehead atoms. The largest absolute Gasteiger partial charge is 0.312 e. The van der Waals surface area contributed by atoms with Crippen LogP contribution >= 0.6 is 11.3 Å². The Bertz CT molecular complexity index is 521. The van der Waals surface area contributed by atoms with Gasteiger partial charge in [-0.3, -0.25) is 4.68 Å². The number of thiophene rings is 1. The topological polar surface area (TPSA) is 42.7 Å². The highest BCUT2D eigenvalue weighted by Gasteiger charge is 2.20. The molecule has 0 fully saturated rings. The number of nitrogens with zero attached hydrogens (tertiary/aromatic N) is 3. The van der Waals surface area contributed by atoms with E-state index in [2.05, 4.69) is 21.5 Å². The maximum absolute atomic E-state index is 4.31. The molecule has 1 aliphatic rings. The summed E-state index contributed by atoms with van der Waals surface area (Å²) < 4.78 is 1.85. The number of rotatable bonds is 4. The van der Waals surface area contributed by atoms with E-state index < -0.39 is 0 Å². The van der Waals surface area contributed by atoms with Crippen LogP contribution in [0.4, 0.5) is 0 Å². The van der Waals surface area contributed by atoms with Gasteiger partial charge >= 0.3 is 0 Å². The maximum atomic E-state index is 4.31. The molecule has 96 valence electrons. The van der Waals surface area contributed by atoms with E-state index in [0.717, 1.165) is 12.2 Å². The standard InChI is InChI=1S/C13H18N4S/c1-14-10(7-13-15-8-16-17(13)2)12-6-9-4-3-5-11(9)18-12/h6,8,10,14H,3-5,7H2,1-2H3. The Morgan fingerprint density at radius 2 is 2.39 bits per heavy atom. The average Bonchev–Trinajstić information content (AvgIpc) is 3.01. The van der Waals surface area contributed by atoms with Crippen molar-refractivity contribution in [2.45, 2.75) is 31.7 Å². The SMILES string of the molecule is CNC(Cc1ncnn1C)c1cc2c(s1)CCC2. The van der Waals surface area contributed by atoms with E-state index in [-0.39, 0.29) is 0 Å². The molecule has 1 aliphatic carbocycles. The fraction of sp³-hybridized carbons (Fsp3) is 0.538. The summed E-state index contributed by atoms with van der Waals surface area (Å²) in [6, 6.07) is 2.73. The molecule has 2 aromatic heterocycles. The molecule has 0 radical (unpaired) electrons. The Labute approximate surface area is 111 Å². The van der Waals surface area contributed by atoms with Crippen LogP contribution < -0.4 is 5.32 Å². The van der Waals surface area contributed by atoms with Crippen molar-refractivity contribution < 1.29 is 0 Å². The highest BCUT2D eigenvalue weighted by molar-refractivity contribution is 7.12. The first-order valence-electron chi connectivity index (χ1n) is 6.39. The minimum Gasteiger partial charge on any atom is -0.312 e. The molecule has 1 unspecified atom stereocenters. The van der Waals surface area contributed by atoms with Crippen LogP contribution in [0, 0.1) is 0 Å². The molecule has 0 spiro atoms. The molecule has 0 amide bonds. The summed E-state index contributed by atoms with van der Waals surface area (Å²) in [5, 5.41) is 7.53. The summed E-state index contributed by atoms with van der Waals surface area (Å²) in [4.78, 5) is 7.33. The number of fused-ring (bicyclic) bond motifs is 1. The van der Waals surface area contributed by atoms with Gasteiger partial charge in [0.15, 0.2) is 0 Å². The number of aryl methyl sites for hydroxylation is 3. The molecule has 1 atom stereocenters. The normalized spacial score (nSPS) is 15.9. The lowest BCUT2D eigenvalue weighted by Crippen LogP contribution is -2.19. The zero-order chi connectivity index (χ0) is 12.5. The fourth-order valence-corrected chi connectivity index (χ4v) is 3.92. The molecule has 5 heteroatoms. The van der Waals surface area contributed by atoms with Gasteiger partial charge in [-0.25, -0.2) is 4.98 Å². The van der Waals surface area contributed by atoms with Crippen molar-refractivity contribution in [1.82, 2.24) is 20.1 Å². The lowest BCUT2D eigenvalue weighted by molar-refractivity contribution is 0.560. The molecule has 1 N–H and O–H groups in total. The minimum atomic E-state index is 0.350. The van der Waals surface area contributed by atoms with Gasteiger partial charge < -0.3 is 5.32 Å². The lowest BCUT2D eigenvalue weighted by atomic mass is 10.1. The quantitative estimate of drug-likeness (QED) is 0.914. The zero-order valence-electron chi connectivity index (χ0n) is 10.8. The van der Waals surface area contributed by atoms with Crippen LogP contribution in [0.2, 0.25) is 0 Å². The predicted octanol–water partition coefficient (Wildman–Crippen LogP) is 1.87. The van der Waals surface area contributed by atoms with Crippen molar-refractivity contribution in [2.24, 2.45) is 7.05 Å². The second kappa shape index (κ2) is 4.82. The van der Waals surface area contributed by atoms with Crippen molar-refractivity contribution in [2.75, 3.05) is 7.05 Å². The maximum Gasteiger partial charge on any atom is 0.138 e. The van der Waals surface area contributed by atoms with E-state index in [9.17, 15) is 0 Å². The van der Waals surface area contributed by atoms with Crippen LogP contribution in [-0.4, -0.2) is 21.8 Å². The highest BCUT2D eigenvalue weighted by Crippen LogP contribution is 2.34. The van der Waals surface area contributed by atoms with Gasteiger partial charge in [-0.1, -0.05) is 0 Å².